The molecule has 0 aromatic heterocycles. The molecule has 1 unspecified atom stereocenters. The monoisotopic (exact) mass is 224 g/mol. The SMILES string of the molecule is O=S(=O)(Cl)C/C=C\C1CCCCO1. The van der Waals surface area contributed by atoms with Crippen LogP contribution in [0.25, 0.3) is 0 Å². The van der Waals surface area contributed by atoms with Crippen LogP contribution in [0, 0.1) is 0 Å². The highest BCUT2D eigenvalue weighted by Crippen LogP contribution is 2.13. The first kappa shape index (κ1) is 11.0. The van der Waals surface area contributed by atoms with Crippen molar-refractivity contribution in [3.05, 3.63) is 12.2 Å². The van der Waals surface area contributed by atoms with Gasteiger partial charge in [0.25, 0.3) is 0 Å². The van der Waals surface area contributed by atoms with Crippen LogP contribution < -0.4 is 0 Å². The van der Waals surface area contributed by atoms with E-state index < -0.39 is 9.05 Å². The van der Waals surface area contributed by atoms with Crippen LogP contribution in [0.15, 0.2) is 12.2 Å². The second-order valence-electron chi connectivity index (χ2n) is 3.04. The highest BCUT2D eigenvalue weighted by molar-refractivity contribution is 8.13. The molecule has 1 saturated heterocycles. The standard InChI is InChI=1S/C8H13ClO3S/c9-13(10,11)7-3-5-8-4-1-2-6-12-8/h3,5,8H,1-2,4,6-7H2/b5-3-. The smallest absolute Gasteiger partial charge is 0.236 e. The third-order valence-electron chi connectivity index (χ3n) is 1.86. The molecule has 0 saturated carbocycles. The zero-order valence-electron chi connectivity index (χ0n) is 7.28. The molecular weight excluding hydrogens is 212 g/mol. The molecule has 1 fully saturated rings. The Morgan fingerprint density at radius 3 is 2.77 bits per heavy atom. The molecule has 5 heteroatoms. The van der Waals surface area contributed by atoms with Crippen LogP contribution in [0.5, 0.6) is 0 Å². The van der Waals surface area contributed by atoms with Crippen LogP contribution >= 0.6 is 10.7 Å². The van der Waals surface area contributed by atoms with Crippen LogP contribution in [0.1, 0.15) is 19.3 Å². The summed E-state index contributed by atoms with van der Waals surface area (Å²) in [6.07, 6.45) is 6.61. The lowest BCUT2D eigenvalue weighted by atomic mass is 10.1. The fraction of sp³-hybridized carbons (Fsp3) is 0.750. The molecule has 13 heavy (non-hydrogen) atoms. The van der Waals surface area contributed by atoms with Crippen molar-refractivity contribution in [2.24, 2.45) is 0 Å². The Labute approximate surface area is 83.1 Å². The molecule has 1 aliphatic heterocycles. The van der Waals surface area contributed by atoms with Gasteiger partial charge in [0, 0.05) is 17.3 Å². The lowest BCUT2D eigenvalue weighted by Crippen LogP contribution is -2.16. The number of halogens is 1. The Kier molecular flexibility index (Phi) is 4.22. The van der Waals surface area contributed by atoms with Gasteiger partial charge in [0.2, 0.25) is 9.05 Å². The highest BCUT2D eigenvalue weighted by atomic mass is 35.7. The predicted octanol–water partition coefficient (Wildman–Crippen LogP) is 1.68. The minimum absolute atomic E-state index is 0.0761. The van der Waals surface area contributed by atoms with Crippen LogP contribution in [0.2, 0.25) is 0 Å². The molecule has 3 nitrogen and oxygen atoms in total. The summed E-state index contributed by atoms with van der Waals surface area (Å²) in [5.74, 6) is -0.117. The minimum Gasteiger partial charge on any atom is -0.374 e. The highest BCUT2D eigenvalue weighted by Gasteiger charge is 2.10. The molecule has 0 N–H and O–H groups in total. The van der Waals surface area contributed by atoms with Gasteiger partial charge in [-0.25, -0.2) is 8.42 Å². The summed E-state index contributed by atoms with van der Waals surface area (Å²) in [5.41, 5.74) is 0. The van der Waals surface area contributed by atoms with E-state index in [1.807, 2.05) is 0 Å². The van der Waals surface area contributed by atoms with Crippen LogP contribution in [0.4, 0.5) is 0 Å². The first-order chi connectivity index (χ1) is 6.08. The van der Waals surface area contributed by atoms with Crippen molar-refractivity contribution < 1.29 is 13.2 Å². The van der Waals surface area contributed by atoms with Crippen molar-refractivity contribution >= 4 is 19.7 Å². The Morgan fingerprint density at radius 1 is 1.46 bits per heavy atom. The molecular formula is C8H13ClO3S. The first-order valence-corrected chi connectivity index (χ1v) is 6.76. The normalized spacial score (nSPS) is 25.2. The third kappa shape index (κ3) is 5.29. The van der Waals surface area contributed by atoms with Crippen molar-refractivity contribution in [3.8, 4) is 0 Å². The number of hydrogen-bond donors (Lipinski definition) is 0. The Balaban J connectivity index is 2.30. The van der Waals surface area contributed by atoms with E-state index in [0.29, 0.717) is 0 Å². The van der Waals surface area contributed by atoms with E-state index in [4.69, 9.17) is 15.4 Å². The second kappa shape index (κ2) is 4.98. The zero-order valence-corrected chi connectivity index (χ0v) is 8.85. The topological polar surface area (TPSA) is 43.4 Å². The van der Waals surface area contributed by atoms with Crippen molar-refractivity contribution in [1.82, 2.24) is 0 Å². The van der Waals surface area contributed by atoms with E-state index in [1.165, 1.54) is 0 Å². The minimum atomic E-state index is -3.40. The molecule has 0 aliphatic carbocycles. The summed E-state index contributed by atoms with van der Waals surface area (Å²) in [5, 5.41) is 0. The molecule has 1 rings (SSSR count). The van der Waals surface area contributed by atoms with E-state index in [2.05, 4.69) is 0 Å². The fourth-order valence-corrected chi connectivity index (χ4v) is 1.80. The number of ether oxygens (including phenoxy) is 1. The average Bonchev–Trinajstić information content (AvgIpc) is 2.04. The maximum Gasteiger partial charge on any atom is 0.236 e. The molecule has 0 aromatic rings. The number of rotatable bonds is 3. The van der Waals surface area contributed by atoms with Crippen molar-refractivity contribution in [3.63, 3.8) is 0 Å². The van der Waals surface area contributed by atoms with Crippen LogP contribution in [-0.2, 0) is 13.8 Å². The van der Waals surface area contributed by atoms with E-state index >= 15 is 0 Å². The fourth-order valence-electron chi connectivity index (χ4n) is 1.24. The molecule has 1 heterocycles. The van der Waals surface area contributed by atoms with E-state index in [1.54, 1.807) is 12.2 Å². The summed E-state index contributed by atoms with van der Waals surface area (Å²) in [6, 6.07) is 0. The average molecular weight is 225 g/mol. The molecule has 0 spiro atoms. The van der Waals surface area contributed by atoms with E-state index in [-0.39, 0.29) is 11.9 Å². The maximum absolute atomic E-state index is 10.5. The van der Waals surface area contributed by atoms with Gasteiger partial charge in [-0.15, -0.1) is 0 Å². The van der Waals surface area contributed by atoms with Crippen LogP contribution in [0.3, 0.4) is 0 Å². The quantitative estimate of drug-likeness (QED) is 0.541. The lowest BCUT2D eigenvalue weighted by Gasteiger charge is -2.18. The van der Waals surface area contributed by atoms with Gasteiger partial charge in [-0.1, -0.05) is 12.2 Å². The maximum atomic E-state index is 10.5. The van der Waals surface area contributed by atoms with E-state index in [9.17, 15) is 8.42 Å². The van der Waals surface area contributed by atoms with Crippen LogP contribution in [-0.4, -0.2) is 26.9 Å². The van der Waals surface area contributed by atoms with Crippen molar-refractivity contribution in [2.75, 3.05) is 12.4 Å². The van der Waals surface area contributed by atoms with Crippen molar-refractivity contribution in [2.45, 2.75) is 25.4 Å². The summed E-state index contributed by atoms with van der Waals surface area (Å²) < 4.78 is 26.5. The van der Waals surface area contributed by atoms with Gasteiger partial charge in [-0.2, -0.15) is 0 Å². The molecule has 1 aliphatic rings. The summed E-state index contributed by atoms with van der Waals surface area (Å²) in [4.78, 5) is 0. The first-order valence-electron chi connectivity index (χ1n) is 4.28. The van der Waals surface area contributed by atoms with Gasteiger partial charge in [-0.3, -0.25) is 0 Å². The molecule has 0 amide bonds. The Hall–Kier alpha value is -0.0600. The molecule has 0 bridgehead atoms. The summed E-state index contributed by atoms with van der Waals surface area (Å²) in [7, 11) is 1.64. The summed E-state index contributed by atoms with van der Waals surface area (Å²) >= 11 is 0. The lowest BCUT2D eigenvalue weighted by molar-refractivity contribution is 0.0465. The van der Waals surface area contributed by atoms with Gasteiger partial charge in [-0.05, 0) is 19.3 Å². The van der Waals surface area contributed by atoms with Crippen molar-refractivity contribution in [1.29, 1.82) is 0 Å². The number of hydrogen-bond acceptors (Lipinski definition) is 3. The van der Waals surface area contributed by atoms with E-state index in [0.717, 1.165) is 25.9 Å². The molecule has 0 aromatic carbocycles. The van der Waals surface area contributed by atoms with Gasteiger partial charge < -0.3 is 4.74 Å². The second-order valence-corrected chi connectivity index (χ2v) is 5.86. The molecule has 0 radical (unpaired) electrons. The molecule has 1 atom stereocenters. The van der Waals surface area contributed by atoms with Gasteiger partial charge in [0.15, 0.2) is 0 Å². The zero-order chi connectivity index (χ0) is 9.73. The Morgan fingerprint density at radius 2 is 2.23 bits per heavy atom. The van der Waals surface area contributed by atoms with Gasteiger partial charge in [0.05, 0.1) is 11.9 Å². The Bertz CT molecular complexity index is 265. The predicted molar refractivity (Wildman–Crippen MR) is 52.4 cm³/mol. The largest absolute Gasteiger partial charge is 0.374 e. The third-order valence-corrected chi connectivity index (χ3v) is 2.83. The van der Waals surface area contributed by atoms with Gasteiger partial charge in [0.1, 0.15) is 0 Å². The summed E-state index contributed by atoms with van der Waals surface area (Å²) in [6.45, 7) is 0.766. The molecule has 76 valence electrons. The van der Waals surface area contributed by atoms with Gasteiger partial charge >= 0.3 is 0 Å².